The van der Waals surface area contributed by atoms with Crippen molar-refractivity contribution in [2.24, 2.45) is 0 Å². The van der Waals surface area contributed by atoms with Gasteiger partial charge in [-0.2, -0.15) is 0 Å². The molecule has 2 aliphatic rings. The molecule has 37 heavy (non-hydrogen) atoms. The van der Waals surface area contributed by atoms with Crippen LogP contribution in [0.5, 0.6) is 5.75 Å². The van der Waals surface area contributed by atoms with Crippen molar-refractivity contribution in [1.82, 2.24) is 19.8 Å². The zero-order valence-corrected chi connectivity index (χ0v) is 21.9. The van der Waals surface area contributed by atoms with Crippen LogP contribution in [0.2, 0.25) is 0 Å². The third-order valence-electron chi connectivity index (χ3n) is 6.99. The quantitative estimate of drug-likeness (QED) is 0.220. The van der Waals surface area contributed by atoms with E-state index in [4.69, 9.17) is 19.6 Å². The van der Waals surface area contributed by atoms with Crippen LogP contribution in [0.3, 0.4) is 0 Å². The maximum atomic E-state index is 14.1. The van der Waals surface area contributed by atoms with E-state index in [0.29, 0.717) is 67.7 Å². The van der Waals surface area contributed by atoms with E-state index in [1.165, 1.54) is 11.8 Å². The van der Waals surface area contributed by atoms with Gasteiger partial charge in [-0.3, -0.25) is 14.2 Å². The van der Waals surface area contributed by atoms with E-state index in [-0.39, 0.29) is 5.56 Å². The van der Waals surface area contributed by atoms with Crippen LogP contribution in [0.1, 0.15) is 24.0 Å². The van der Waals surface area contributed by atoms with Gasteiger partial charge >= 0.3 is 12.0 Å². The van der Waals surface area contributed by atoms with Crippen LogP contribution in [0.4, 0.5) is 4.79 Å². The molecular weight excluding hydrogens is 496 g/mol. The van der Waals surface area contributed by atoms with Crippen molar-refractivity contribution in [3.8, 4) is 17.0 Å². The smallest absolute Gasteiger partial charge is 0.323 e. The first-order valence-corrected chi connectivity index (χ1v) is 13.1. The Kier molecular flexibility index (Phi) is 8.23. The third-order valence-corrected chi connectivity index (χ3v) is 7.93. The molecule has 2 heterocycles. The number of nitrogens with one attached hydrogen (secondary N) is 1. The third kappa shape index (κ3) is 5.37. The summed E-state index contributed by atoms with van der Waals surface area (Å²) in [6.45, 7) is 5.07. The Hall–Kier alpha value is -3.31. The molecular formula is C26H32N4O6S. The van der Waals surface area contributed by atoms with Gasteiger partial charge in [-0.25, -0.2) is 9.78 Å². The van der Waals surface area contributed by atoms with Crippen molar-refractivity contribution < 1.29 is 24.2 Å². The molecule has 1 aromatic heterocycles. The minimum absolute atomic E-state index is 0.0879. The van der Waals surface area contributed by atoms with Gasteiger partial charge in [0.25, 0.3) is 5.56 Å². The van der Waals surface area contributed by atoms with Crippen LogP contribution in [-0.2, 0) is 27.9 Å². The van der Waals surface area contributed by atoms with E-state index >= 15 is 0 Å². The average Bonchev–Trinajstić information content (AvgIpc) is 2.89. The molecule has 0 radical (unpaired) electrons. The fourth-order valence-electron chi connectivity index (χ4n) is 5.18. The zero-order valence-electron chi connectivity index (χ0n) is 21.1. The molecule has 2 amide bonds. The van der Waals surface area contributed by atoms with Gasteiger partial charge in [-0.05, 0) is 43.0 Å². The SMILES string of the molecule is C=CCn1c(SCCOC)nc2c(c1=O)C1(CCN(C(=O)NCC(=O)O)CC1)Cc1cc(OC)ccc1-2. The molecule has 0 atom stereocenters. The lowest BCUT2D eigenvalue weighted by atomic mass is 9.64. The molecule has 0 bridgehead atoms. The van der Waals surface area contributed by atoms with Crippen LogP contribution in [-0.4, -0.2) is 77.8 Å². The highest BCUT2D eigenvalue weighted by atomic mass is 32.2. The normalized spacial score (nSPS) is 15.6. The number of hydrogen-bond acceptors (Lipinski definition) is 7. The number of carbonyl (C=O) groups excluding carboxylic acids is 1. The van der Waals surface area contributed by atoms with Crippen molar-refractivity contribution >= 4 is 23.8 Å². The first kappa shape index (κ1) is 26.7. The van der Waals surface area contributed by atoms with Crippen molar-refractivity contribution in [1.29, 1.82) is 0 Å². The number of benzene rings is 1. The molecule has 1 fully saturated rings. The number of allylic oxidation sites excluding steroid dienone is 1. The number of rotatable bonds is 9. The van der Waals surface area contributed by atoms with Gasteiger partial charge < -0.3 is 24.8 Å². The van der Waals surface area contributed by atoms with E-state index in [0.717, 1.165) is 16.9 Å². The molecule has 2 aromatic rings. The van der Waals surface area contributed by atoms with Crippen LogP contribution in [0, 0.1) is 0 Å². The lowest BCUT2D eigenvalue weighted by Gasteiger charge is -2.45. The van der Waals surface area contributed by atoms with Crippen molar-refractivity contribution in [3.63, 3.8) is 0 Å². The Bertz CT molecular complexity index is 1250. The first-order chi connectivity index (χ1) is 17.8. The molecule has 2 N–H and O–H groups in total. The van der Waals surface area contributed by atoms with E-state index in [1.807, 2.05) is 18.2 Å². The Balaban J connectivity index is 1.78. The highest BCUT2D eigenvalue weighted by Crippen LogP contribution is 2.47. The molecule has 1 aliphatic heterocycles. The van der Waals surface area contributed by atoms with Gasteiger partial charge in [0, 0.05) is 43.5 Å². The van der Waals surface area contributed by atoms with Gasteiger partial charge in [0.15, 0.2) is 5.16 Å². The summed E-state index contributed by atoms with van der Waals surface area (Å²) >= 11 is 1.47. The largest absolute Gasteiger partial charge is 0.497 e. The number of carboxylic acid groups (broad SMARTS) is 1. The Morgan fingerprint density at radius 3 is 2.70 bits per heavy atom. The van der Waals surface area contributed by atoms with Gasteiger partial charge in [-0.1, -0.05) is 17.8 Å². The van der Waals surface area contributed by atoms with Crippen LogP contribution >= 0.6 is 11.8 Å². The molecule has 1 saturated heterocycles. The summed E-state index contributed by atoms with van der Waals surface area (Å²) in [5, 5.41) is 11.9. The topological polar surface area (TPSA) is 123 Å². The monoisotopic (exact) mass is 528 g/mol. The van der Waals surface area contributed by atoms with Crippen LogP contribution in [0.25, 0.3) is 11.3 Å². The minimum Gasteiger partial charge on any atom is -0.497 e. The first-order valence-electron chi connectivity index (χ1n) is 12.1. The number of thioether (sulfide) groups is 1. The van der Waals surface area contributed by atoms with Gasteiger partial charge in [0.1, 0.15) is 12.3 Å². The van der Waals surface area contributed by atoms with E-state index in [9.17, 15) is 14.4 Å². The highest BCUT2D eigenvalue weighted by molar-refractivity contribution is 7.99. The molecule has 1 aromatic carbocycles. The second kappa shape index (κ2) is 11.4. The number of carbonyl (C=O) groups is 2. The maximum absolute atomic E-state index is 14.1. The van der Waals surface area contributed by atoms with E-state index in [2.05, 4.69) is 11.9 Å². The van der Waals surface area contributed by atoms with E-state index in [1.54, 1.807) is 29.8 Å². The molecule has 1 spiro atoms. The number of methoxy groups -OCH3 is 2. The fourth-order valence-corrected chi connectivity index (χ4v) is 6.08. The number of ether oxygens (including phenoxy) is 2. The number of piperidine rings is 1. The molecule has 0 saturated carbocycles. The summed E-state index contributed by atoms with van der Waals surface area (Å²) in [5.74, 6) is 0.291. The predicted octanol–water partition coefficient (Wildman–Crippen LogP) is 2.53. The predicted molar refractivity (Wildman–Crippen MR) is 141 cm³/mol. The lowest BCUT2D eigenvalue weighted by Crippen LogP contribution is -2.52. The number of hydrogen-bond donors (Lipinski definition) is 2. The number of carboxylic acids is 1. The number of urea groups is 1. The number of amides is 2. The molecule has 4 rings (SSSR count). The number of likely N-dealkylation sites (tertiary alicyclic amines) is 1. The number of aliphatic carboxylic acids is 1. The minimum atomic E-state index is -1.10. The molecule has 1 aliphatic carbocycles. The van der Waals surface area contributed by atoms with Gasteiger partial charge in [0.05, 0.1) is 25.0 Å². The Morgan fingerprint density at radius 1 is 1.30 bits per heavy atom. The number of nitrogens with zero attached hydrogens (tertiary/aromatic N) is 3. The summed E-state index contributed by atoms with van der Waals surface area (Å²) in [6, 6.07) is 5.43. The second-order valence-corrected chi connectivity index (χ2v) is 10.2. The summed E-state index contributed by atoms with van der Waals surface area (Å²) in [7, 11) is 3.26. The average molecular weight is 529 g/mol. The Morgan fingerprint density at radius 2 is 2.05 bits per heavy atom. The van der Waals surface area contributed by atoms with Crippen LogP contribution < -0.4 is 15.6 Å². The molecule has 11 heteroatoms. The second-order valence-electron chi connectivity index (χ2n) is 9.18. The number of aromatic nitrogens is 2. The standard InChI is InChI=1S/C26H32N4O6S/c1-4-9-30-23(33)21-22(28-25(30)37-13-12-35-2)19-6-5-18(36-3)14-17(19)15-26(21)7-10-29(11-8-26)24(34)27-16-20(31)32/h4-6,14H,1,7-13,15-16H2,2-3H3,(H,27,34)(H,31,32). The fraction of sp³-hybridized carbons (Fsp3) is 0.462. The van der Waals surface area contributed by atoms with Gasteiger partial charge in [0.2, 0.25) is 0 Å². The maximum Gasteiger partial charge on any atom is 0.323 e. The van der Waals surface area contributed by atoms with Gasteiger partial charge in [-0.15, -0.1) is 6.58 Å². The van der Waals surface area contributed by atoms with Crippen molar-refractivity contribution in [3.05, 3.63) is 52.3 Å². The van der Waals surface area contributed by atoms with Crippen molar-refractivity contribution in [2.45, 2.75) is 36.4 Å². The molecule has 198 valence electrons. The van der Waals surface area contributed by atoms with E-state index < -0.39 is 24.0 Å². The zero-order chi connectivity index (χ0) is 26.6. The van der Waals surface area contributed by atoms with Crippen LogP contribution in [0.15, 0.2) is 40.8 Å². The van der Waals surface area contributed by atoms with Crippen molar-refractivity contribution in [2.75, 3.05) is 46.2 Å². The molecule has 0 unspecified atom stereocenters. The number of fused-ring (bicyclic) bond motifs is 4. The summed E-state index contributed by atoms with van der Waals surface area (Å²) < 4.78 is 12.4. The summed E-state index contributed by atoms with van der Waals surface area (Å²) in [6.07, 6.45) is 3.43. The molecule has 10 nitrogen and oxygen atoms in total. The summed E-state index contributed by atoms with van der Waals surface area (Å²) in [5.41, 5.74) is 2.72. The summed E-state index contributed by atoms with van der Waals surface area (Å²) in [4.78, 5) is 44.1. The lowest BCUT2D eigenvalue weighted by molar-refractivity contribution is -0.135. The highest BCUT2D eigenvalue weighted by Gasteiger charge is 2.45. The Labute approximate surface area is 219 Å².